The van der Waals surface area contributed by atoms with Crippen molar-refractivity contribution in [1.82, 2.24) is 20.1 Å². The fraction of sp³-hybridized carbons (Fsp3) is 0.611. The number of nitrogens with one attached hydrogen (secondary N) is 2. The lowest BCUT2D eigenvalue weighted by Gasteiger charge is -2.31. The molecule has 1 saturated heterocycles. The minimum atomic E-state index is -0.155. The fourth-order valence-corrected chi connectivity index (χ4v) is 4.61. The van der Waals surface area contributed by atoms with Gasteiger partial charge in [0.15, 0.2) is 5.13 Å². The fourth-order valence-electron chi connectivity index (χ4n) is 3.03. The van der Waals surface area contributed by atoms with Crippen molar-refractivity contribution in [3.63, 3.8) is 0 Å². The zero-order chi connectivity index (χ0) is 20.3. The zero-order valence-electron chi connectivity index (χ0n) is 16.6. The molecule has 152 valence electrons. The van der Waals surface area contributed by atoms with Crippen molar-refractivity contribution in [2.24, 2.45) is 5.92 Å². The lowest BCUT2D eigenvalue weighted by atomic mass is 9.97. The van der Waals surface area contributed by atoms with Gasteiger partial charge in [0.05, 0.1) is 18.2 Å². The van der Waals surface area contributed by atoms with E-state index >= 15 is 0 Å². The van der Waals surface area contributed by atoms with E-state index in [0.717, 1.165) is 35.0 Å². The molecule has 2 N–H and O–H groups in total. The average Bonchev–Trinajstić information content (AvgIpc) is 3.22. The molecule has 10 heteroatoms. The molecule has 0 spiro atoms. The molecule has 0 aliphatic carbocycles. The number of carbonyl (C=O) groups is 2. The van der Waals surface area contributed by atoms with Crippen LogP contribution in [0.15, 0.2) is 0 Å². The van der Waals surface area contributed by atoms with Gasteiger partial charge < -0.3 is 10.6 Å². The predicted octanol–water partition coefficient (Wildman–Crippen LogP) is 3.02. The highest BCUT2D eigenvalue weighted by atomic mass is 32.1. The topological polar surface area (TPSA) is 100 Å². The molecule has 0 saturated carbocycles. The van der Waals surface area contributed by atoms with Crippen LogP contribution in [-0.2, 0) is 9.59 Å². The summed E-state index contributed by atoms with van der Waals surface area (Å²) in [6.07, 6.45) is 1.69. The van der Waals surface area contributed by atoms with Crippen molar-refractivity contribution in [3.8, 4) is 0 Å². The Kier molecular flexibility index (Phi) is 6.73. The zero-order valence-corrected chi connectivity index (χ0v) is 18.2. The molecular formula is C18H26N6O2S2. The molecule has 1 aliphatic rings. The van der Waals surface area contributed by atoms with Gasteiger partial charge in [-0.1, -0.05) is 25.2 Å². The number of carbonyl (C=O) groups excluding carboxylic acids is 2. The lowest BCUT2D eigenvalue weighted by molar-refractivity contribution is -0.123. The van der Waals surface area contributed by atoms with Crippen molar-refractivity contribution < 1.29 is 9.59 Å². The van der Waals surface area contributed by atoms with Crippen LogP contribution in [0.3, 0.4) is 0 Å². The van der Waals surface area contributed by atoms with Gasteiger partial charge in [0.2, 0.25) is 16.9 Å². The number of aryl methyl sites for hydroxylation is 2. The number of amides is 2. The molecule has 8 nitrogen and oxygen atoms in total. The Morgan fingerprint density at radius 3 is 2.61 bits per heavy atom. The van der Waals surface area contributed by atoms with Gasteiger partial charge in [-0.05, 0) is 33.2 Å². The number of likely N-dealkylation sites (tertiary alicyclic amines) is 1. The van der Waals surface area contributed by atoms with Gasteiger partial charge in [-0.3, -0.25) is 14.5 Å². The Bertz CT molecular complexity index is 827. The van der Waals surface area contributed by atoms with Gasteiger partial charge in [0, 0.05) is 17.3 Å². The number of aromatic nitrogens is 3. The summed E-state index contributed by atoms with van der Waals surface area (Å²) in [5.41, 5.74) is 0.937. The first-order chi connectivity index (χ1) is 13.3. The summed E-state index contributed by atoms with van der Waals surface area (Å²) in [6.45, 7) is 9.64. The molecule has 0 radical (unpaired) electrons. The molecule has 1 atom stereocenters. The van der Waals surface area contributed by atoms with Crippen molar-refractivity contribution >= 4 is 44.8 Å². The lowest BCUT2D eigenvalue weighted by Crippen LogP contribution is -2.43. The van der Waals surface area contributed by atoms with Crippen LogP contribution in [0, 0.1) is 19.8 Å². The summed E-state index contributed by atoms with van der Waals surface area (Å²) < 4.78 is 0. The highest BCUT2D eigenvalue weighted by Gasteiger charge is 2.27. The number of rotatable bonds is 6. The minimum Gasteiger partial charge on any atom is -0.301 e. The number of piperidine rings is 1. The van der Waals surface area contributed by atoms with Gasteiger partial charge in [-0.15, -0.1) is 21.5 Å². The number of hydrogen-bond donors (Lipinski definition) is 2. The number of thiazole rings is 1. The third-order valence-electron chi connectivity index (χ3n) is 4.68. The Labute approximate surface area is 172 Å². The van der Waals surface area contributed by atoms with Gasteiger partial charge in [0.25, 0.3) is 0 Å². The van der Waals surface area contributed by atoms with E-state index in [2.05, 4.69) is 25.8 Å². The third-order valence-corrected chi connectivity index (χ3v) is 6.81. The summed E-state index contributed by atoms with van der Waals surface area (Å²) in [4.78, 5) is 32.4. The molecular weight excluding hydrogens is 396 g/mol. The van der Waals surface area contributed by atoms with Gasteiger partial charge in [-0.2, -0.15) is 0 Å². The van der Waals surface area contributed by atoms with Crippen LogP contribution in [0.1, 0.15) is 48.2 Å². The third kappa shape index (κ3) is 5.33. The summed E-state index contributed by atoms with van der Waals surface area (Å²) in [5, 5.41) is 16.0. The van der Waals surface area contributed by atoms with Crippen LogP contribution in [0.25, 0.3) is 0 Å². The maximum absolute atomic E-state index is 12.6. The standard InChI is InChI=1S/C18H26N6O2S2/c1-10(2)16-22-23-18(28-16)21-15(26)13-6-5-7-24(8-13)9-14(25)20-17-19-11(3)12(4)27-17/h10,13H,5-9H2,1-4H3,(H,19,20,25)(H,21,23,26). The van der Waals surface area contributed by atoms with Crippen LogP contribution >= 0.6 is 22.7 Å². The molecule has 1 fully saturated rings. The molecule has 3 rings (SSSR count). The molecule has 0 bridgehead atoms. The van der Waals surface area contributed by atoms with E-state index < -0.39 is 0 Å². The second kappa shape index (κ2) is 9.06. The van der Waals surface area contributed by atoms with Crippen molar-refractivity contribution in [1.29, 1.82) is 0 Å². The maximum atomic E-state index is 12.6. The first-order valence-corrected chi connectivity index (χ1v) is 11.1. The predicted molar refractivity (Wildman–Crippen MR) is 112 cm³/mol. The molecule has 2 amide bonds. The van der Waals surface area contributed by atoms with E-state index in [1.165, 1.54) is 22.7 Å². The quantitative estimate of drug-likeness (QED) is 0.742. The number of hydrogen-bond acceptors (Lipinski definition) is 8. The van der Waals surface area contributed by atoms with Crippen LogP contribution in [-0.4, -0.2) is 51.5 Å². The van der Waals surface area contributed by atoms with Crippen molar-refractivity contribution in [2.45, 2.75) is 46.5 Å². The molecule has 0 aromatic carbocycles. The molecule has 3 heterocycles. The largest absolute Gasteiger partial charge is 0.301 e. The highest BCUT2D eigenvalue weighted by molar-refractivity contribution is 7.16. The normalized spacial score (nSPS) is 17.7. The Morgan fingerprint density at radius 2 is 1.96 bits per heavy atom. The highest BCUT2D eigenvalue weighted by Crippen LogP contribution is 2.25. The molecule has 1 aliphatic heterocycles. The van der Waals surface area contributed by atoms with Crippen LogP contribution in [0.5, 0.6) is 0 Å². The van der Waals surface area contributed by atoms with Crippen molar-refractivity contribution in [2.75, 3.05) is 30.3 Å². The second-order valence-electron chi connectivity index (χ2n) is 7.37. The van der Waals surface area contributed by atoms with E-state index in [4.69, 9.17) is 0 Å². The maximum Gasteiger partial charge on any atom is 0.240 e. The first kappa shape index (κ1) is 20.8. The number of anilines is 2. The summed E-state index contributed by atoms with van der Waals surface area (Å²) in [7, 11) is 0. The average molecular weight is 423 g/mol. The van der Waals surface area contributed by atoms with Gasteiger partial charge >= 0.3 is 0 Å². The van der Waals surface area contributed by atoms with Gasteiger partial charge in [-0.25, -0.2) is 4.98 Å². The number of nitrogens with zero attached hydrogens (tertiary/aromatic N) is 4. The molecule has 2 aromatic rings. The Balaban J connectivity index is 1.51. The van der Waals surface area contributed by atoms with Crippen LogP contribution < -0.4 is 10.6 Å². The van der Waals surface area contributed by atoms with E-state index in [1.807, 2.05) is 32.6 Å². The molecule has 28 heavy (non-hydrogen) atoms. The van der Waals surface area contributed by atoms with E-state index in [9.17, 15) is 9.59 Å². The SMILES string of the molecule is Cc1nc(NC(=O)CN2CCCC(C(=O)Nc3nnc(C(C)C)s3)C2)sc1C. The summed E-state index contributed by atoms with van der Waals surface area (Å²) >= 11 is 2.89. The van der Waals surface area contributed by atoms with E-state index in [-0.39, 0.29) is 30.2 Å². The smallest absolute Gasteiger partial charge is 0.240 e. The monoisotopic (exact) mass is 422 g/mol. The van der Waals surface area contributed by atoms with Gasteiger partial charge in [0.1, 0.15) is 5.01 Å². The minimum absolute atomic E-state index is 0.0530. The second-order valence-corrected chi connectivity index (χ2v) is 9.58. The Morgan fingerprint density at radius 1 is 1.18 bits per heavy atom. The van der Waals surface area contributed by atoms with E-state index in [0.29, 0.717) is 16.8 Å². The first-order valence-electron chi connectivity index (χ1n) is 9.42. The Hall–Kier alpha value is -1.91. The van der Waals surface area contributed by atoms with Crippen LogP contribution in [0.2, 0.25) is 0 Å². The molecule has 2 aromatic heterocycles. The molecule has 1 unspecified atom stereocenters. The summed E-state index contributed by atoms with van der Waals surface area (Å²) in [5.74, 6) is -0.0159. The summed E-state index contributed by atoms with van der Waals surface area (Å²) in [6, 6.07) is 0. The van der Waals surface area contributed by atoms with Crippen LogP contribution in [0.4, 0.5) is 10.3 Å². The van der Waals surface area contributed by atoms with Crippen molar-refractivity contribution in [3.05, 3.63) is 15.6 Å². The van der Waals surface area contributed by atoms with E-state index in [1.54, 1.807) is 0 Å².